The van der Waals surface area contributed by atoms with Crippen LogP contribution in [0.15, 0.2) is 24.3 Å². The highest BCUT2D eigenvalue weighted by Gasteiger charge is 2.27. The molecule has 1 N–H and O–H groups in total. The molecule has 2 aromatic rings. The van der Waals surface area contributed by atoms with Crippen molar-refractivity contribution < 1.29 is 0 Å². The molecule has 1 fully saturated rings. The summed E-state index contributed by atoms with van der Waals surface area (Å²) >= 11 is 0. The van der Waals surface area contributed by atoms with E-state index in [2.05, 4.69) is 36.5 Å². The quantitative estimate of drug-likeness (QED) is 0.892. The van der Waals surface area contributed by atoms with Crippen LogP contribution in [0.1, 0.15) is 31.9 Å². The number of nitrogens with zero attached hydrogens (tertiary/aromatic N) is 2. The standard InChI is InChI=1S/C16H23N3/c1-3-17-14(12-7-6-8-12)11-15-13-9-4-5-10-16(13)19(2)18-15/h4-5,9-10,12,14,17H,3,6-8,11H2,1-2H3. The Kier molecular flexibility index (Phi) is 3.56. The van der Waals surface area contributed by atoms with Crippen LogP contribution in [0.5, 0.6) is 0 Å². The van der Waals surface area contributed by atoms with E-state index in [0.717, 1.165) is 18.9 Å². The zero-order valence-corrected chi connectivity index (χ0v) is 11.9. The van der Waals surface area contributed by atoms with Gasteiger partial charge in [-0.25, -0.2) is 0 Å². The van der Waals surface area contributed by atoms with Gasteiger partial charge in [0.1, 0.15) is 0 Å². The van der Waals surface area contributed by atoms with Gasteiger partial charge in [0, 0.05) is 24.9 Å². The molecule has 3 heteroatoms. The minimum absolute atomic E-state index is 0.594. The van der Waals surface area contributed by atoms with Crippen LogP contribution in [-0.2, 0) is 13.5 Å². The summed E-state index contributed by atoms with van der Waals surface area (Å²) in [6.45, 7) is 3.24. The minimum atomic E-state index is 0.594. The summed E-state index contributed by atoms with van der Waals surface area (Å²) in [5, 5.41) is 9.70. The van der Waals surface area contributed by atoms with E-state index in [9.17, 15) is 0 Å². The second-order valence-corrected chi connectivity index (χ2v) is 5.65. The Balaban J connectivity index is 1.86. The first-order valence-electron chi connectivity index (χ1n) is 7.43. The van der Waals surface area contributed by atoms with Crippen molar-refractivity contribution in [1.82, 2.24) is 15.1 Å². The Hall–Kier alpha value is -1.35. The molecule has 0 radical (unpaired) electrons. The highest BCUT2D eigenvalue weighted by molar-refractivity contribution is 5.81. The summed E-state index contributed by atoms with van der Waals surface area (Å²) in [5.41, 5.74) is 2.48. The minimum Gasteiger partial charge on any atom is -0.314 e. The van der Waals surface area contributed by atoms with Gasteiger partial charge in [0.15, 0.2) is 0 Å². The second-order valence-electron chi connectivity index (χ2n) is 5.65. The molecule has 0 aliphatic heterocycles. The fraction of sp³-hybridized carbons (Fsp3) is 0.562. The van der Waals surface area contributed by atoms with E-state index in [0.29, 0.717) is 6.04 Å². The zero-order chi connectivity index (χ0) is 13.2. The average Bonchev–Trinajstić information content (AvgIpc) is 2.65. The van der Waals surface area contributed by atoms with Crippen molar-refractivity contribution in [1.29, 1.82) is 0 Å². The van der Waals surface area contributed by atoms with Gasteiger partial charge in [-0.1, -0.05) is 31.5 Å². The van der Waals surface area contributed by atoms with Crippen molar-refractivity contribution in [3.63, 3.8) is 0 Å². The molecule has 1 aromatic carbocycles. The topological polar surface area (TPSA) is 29.9 Å². The Bertz CT molecular complexity index is 554. The molecule has 0 spiro atoms. The van der Waals surface area contributed by atoms with Crippen molar-refractivity contribution >= 4 is 10.9 Å². The summed E-state index contributed by atoms with van der Waals surface area (Å²) in [5.74, 6) is 0.848. The van der Waals surface area contributed by atoms with Gasteiger partial charge in [-0.3, -0.25) is 4.68 Å². The summed E-state index contributed by atoms with van der Waals surface area (Å²) in [6, 6.07) is 9.14. The number of aryl methyl sites for hydroxylation is 1. The SMILES string of the molecule is CCNC(Cc1nn(C)c2ccccc12)C1CCC1. The molecule has 1 aliphatic rings. The van der Waals surface area contributed by atoms with Gasteiger partial charge in [-0.15, -0.1) is 0 Å². The molecule has 1 unspecified atom stereocenters. The van der Waals surface area contributed by atoms with E-state index in [1.54, 1.807) is 0 Å². The van der Waals surface area contributed by atoms with Crippen LogP contribution in [0.4, 0.5) is 0 Å². The number of fused-ring (bicyclic) bond motifs is 1. The van der Waals surface area contributed by atoms with Crippen LogP contribution >= 0.6 is 0 Å². The largest absolute Gasteiger partial charge is 0.314 e. The third kappa shape index (κ3) is 2.39. The van der Waals surface area contributed by atoms with Crippen molar-refractivity contribution in [3.05, 3.63) is 30.0 Å². The molecule has 102 valence electrons. The lowest BCUT2D eigenvalue weighted by molar-refractivity contribution is 0.229. The average molecular weight is 257 g/mol. The second kappa shape index (κ2) is 5.33. The maximum absolute atomic E-state index is 4.73. The van der Waals surface area contributed by atoms with Gasteiger partial charge >= 0.3 is 0 Å². The first-order valence-corrected chi connectivity index (χ1v) is 7.43. The maximum Gasteiger partial charge on any atom is 0.0718 e. The lowest BCUT2D eigenvalue weighted by Gasteiger charge is -2.34. The first kappa shape index (κ1) is 12.7. The number of nitrogens with one attached hydrogen (secondary N) is 1. The summed E-state index contributed by atoms with van der Waals surface area (Å²) in [7, 11) is 2.04. The number of aromatic nitrogens is 2. The molecule has 1 aromatic heterocycles. The normalized spacial score (nSPS) is 17.6. The third-order valence-electron chi connectivity index (χ3n) is 4.43. The van der Waals surface area contributed by atoms with Crippen LogP contribution in [0.3, 0.4) is 0 Å². The molecule has 3 nitrogen and oxygen atoms in total. The van der Waals surface area contributed by atoms with Crippen molar-refractivity contribution in [2.24, 2.45) is 13.0 Å². The van der Waals surface area contributed by atoms with Crippen LogP contribution in [-0.4, -0.2) is 22.4 Å². The lowest BCUT2D eigenvalue weighted by atomic mass is 9.78. The molecule has 0 bridgehead atoms. The Morgan fingerprint density at radius 1 is 1.37 bits per heavy atom. The molecule has 1 saturated carbocycles. The number of benzene rings is 1. The fourth-order valence-corrected chi connectivity index (χ4v) is 3.16. The van der Waals surface area contributed by atoms with E-state index in [1.165, 1.54) is 35.9 Å². The van der Waals surface area contributed by atoms with Gasteiger partial charge in [0.05, 0.1) is 11.2 Å². The van der Waals surface area contributed by atoms with Crippen LogP contribution in [0.25, 0.3) is 10.9 Å². The lowest BCUT2D eigenvalue weighted by Crippen LogP contribution is -2.41. The third-order valence-corrected chi connectivity index (χ3v) is 4.43. The predicted molar refractivity (Wildman–Crippen MR) is 79.2 cm³/mol. The first-order chi connectivity index (χ1) is 9.29. The fourth-order valence-electron chi connectivity index (χ4n) is 3.16. The number of rotatable bonds is 5. The molecule has 0 amide bonds. The van der Waals surface area contributed by atoms with Crippen molar-refractivity contribution in [2.75, 3.05) is 6.54 Å². The van der Waals surface area contributed by atoms with Crippen LogP contribution < -0.4 is 5.32 Å². The molecule has 1 heterocycles. The molecule has 0 saturated heterocycles. The van der Waals surface area contributed by atoms with Gasteiger partial charge in [-0.05, 0) is 31.4 Å². The highest BCUT2D eigenvalue weighted by Crippen LogP contribution is 2.32. The van der Waals surface area contributed by atoms with E-state index in [-0.39, 0.29) is 0 Å². The Morgan fingerprint density at radius 3 is 2.84 bits per heavy atom. The Morgan fingerprint density at radius 2 is 2.16 bits per heavy atom. The number of hydrogen-bond acceptors (Lipinski definition) is 2. The molecule has 3 rings (SSSR count). The molecular weight excluding hydrogens is 234 g/mol. The van der Waals surface area contributed by atoms with Crippen LogP contribution in [0.2, 0.25) is 0 Å². The van der Waals surface area contributed by atoms with E-state index in [4.69, 9.17) is 5.10 Å². The van der Waals surface area contributed by atoms with E-state index < -0.39 is 0 Å². The summed E-state index contributed by atoms with van der Waals surface area (Å²) in [6.07, 6.45) is 5.21. The smallest absolute Gasteiger partial charge is 0.0718 e. The van der Waals surface area contributed by atoms with Crippen molar-refractivity contribution in [2.45, 2.75) is 38.6 Å². The molecule has 1 atom stereocenters. The zero-order valence-electron chi connectivity index (χ0n) is 11.9. The summed E-state index contributed by atoms with van der Waals surface area (Å²) in [4.78, 5) is 0. The van der Waals surface area contributed by atoms with Gasteiger partial charge < -0.3 is 5.32 Å². The van der Waals surface area contributed by atoms with E-state index in [1.807, 2.05) is 11.7 Å². The van der Waals surface area contributed by atoms with Gasteiger partial charge in [-0.2, -0.15) is 5.10 Å². The number of hydrogen-bond donors (Lipinski definition) is 1. The van der Waals surface area contributed by atoms with E-state index >= 15 is 0 Å². The summed E-state index contributed by atoms with van der Waals surface area (Å²) < 4.78 is 2.01. The monoisotopic (exact) mass is 257 g/mol. The molecular formula is C16H23N3. The van der Waals surface area contributed by atoms with Gasteiger partial charge in [0.25, 0.3) is 0 Å². The van der Waals surface area contributed by atoms with Crippen LogP contribution in [0, 0.1) is 5.92 Å². The number of para-hydroxylation sites is 1. The Labute approximate surface area is 115 Å². The molecule has 1 aliphatic carbocycles. The molecule has 19 heavy (non-hydrogen) atoms. The predicted octanol–water partition coefficient (Wildman–Crippen LogP) is 2.89. The van der Waals surface area contributed by atoms with Gasteiger partial charge in [0.2, 0.25) is 0 Å². The maximum atomic E-state index is 4.73. The highest BCUT2D eigenvalue weighted by atomic mass is 15.3. The number of likely N-dealkylation sites (N-methyl/N-ethyl adjacent to an activating group) is 1. The van der Waals surface area contributed by atoms with Crippen molar-refractivity contribution in [3.8, 4) is 0 Å².